The van der Waals surface area contributed by atoms with Gasteiger partial charge in [-0.1, -0.05) is 6.07 Å². The number of nitrogens with zero attached hydrogens (tertiary/aromatic N) is 1. The highest BCUT2D eigenvalue weighted by molar-refractivity contribution is 7.98. The molecule has 3 rings (SSSR count). The van der Waals surface area contributed by atoms with E-state index in [1.165, 1.54) is 16.0 Å². The number of imide groups is 1. The van der Waals surface area contributed by atoms with Crippen LogP contribution in [0.5, 0.6) is 0 Å². The molecule has 0 radical (unpaired) electrons. The lowest BCUT2D eigenvalue weighted by atomic mass is 9.99. The zero-order valence-electron chi connectivity index (χ0n) is 12.9. The highest BCUT2D eigenvalue weighted by atomic mass is 32.2. The maximum absolute atomic E-state index is 12.4. The highest BCUT2D eigenvalue weighted by Gasteiger charge is 2.30. The number of carbonyl (C=O) groups is 3. The molecule has 2 aliphatic heterocycles. The molecule has 2 heterocycles. The Morgan fingerprint density at radius 2 is 2.17 bits per heavy atom. The van der Waals surface area contributed by atoms with E-state index >= 15 is 0 Å². The summed E-state index contributed by atoms with van der Waals surface area (Å²) in [5.74, 6) is -0.324. The van der Waals surface area contributed by atoms with Crippen LogP contribution >= 0.6 is 11.8 Å². The number of benzene rings is 1. The molecule has 7 heteroatoms. The fourth-order valence-corrected chi connectivity index (χ4v) is 3.42. The first kappa shape index (κ1) is 15.9. The summed E-state index contributed by atoms with van der Waals surface area (Å²) in [5, 5.41) is 4.70. The van der Waals surface area contributed by atoms with E-state index in [1.807, 2.05) is 4.90 Å². The average molecular weight is 333 g/mol. The van der Waals surface area contributed by atoms with Crippen molar-refractivity contribution in [3.63, 3.8) is 0 Å². The Morgan fingerprint density at radius 3 is 2.87 bits per heavy atom. The fourth-order valence-electron chi connectivity index (χ4n) is 2.96. The van der Waals surface area contributed by atoms with Crippen LogP contribution in [0.2, 0.25) is 0 Å². The summed E-state index contributed by atoms with van der Waals surface area (Å²) >= 11 is 1.72. The minimum absolute atomic E-state index is 0.0264. The number of carbonyl (C=O) groups excluding carboxylic acids is 3. The second-order valence-corrected chi connectivity index (χ2v) is 6.63. The first-order chi connectivity index (χ1) is 11.1. The van der Waals surface area contributed by atoms with Crippen molar-refractivity contribution in [3.05, 3.63) is 29.3 Å². The van der Waals surface area contributed by atoms with Gasteiger partial charge in [-0.05, 0) is 42.4 Å². The van der Waals surface area contributed by atoms with Gasteiger partial charge in [-0.2, -0.15) is 0 Å². The Morgan fingerprint density at radius 1 is 1.35 bits per heavy atom. The minimum Gasteiger partial charge on any atom is -0.338 e. The molecule has 2 N–H and O–H groups in total. The van der Waals surface area contributed by atoms with E-state index in [0.717, 1.165) is 6.42 Å². The number of rotatable bonds is 4. The largest absolute Gasteiger partial charge is 0.338 e. The van der Waals surface area contributed by atoms with Gasteiger partial charge >= 0.3 is 6.03 Å². The van der Waals surface area contributed by atoms with Crippen LogP contribution in [-0.4, -0.2) is 41.6 Å². The molecule has 4 amide bonds. The molecule has 23 heavy (non-hydrogen) atoms. The van der Waals surface area contributed by atoms with Crippen molar-refractivity contribution in [2.24, 2.45) is 0 Å². The zero-order chi connectivity index (χ0) is 16.4. The lowest BCUT2D eigenvalue weighted by molar-refractivity contribution is -0.132. The Hall–Kier alpha value is -2.02. The fraction of sp³-hybridized carbons (Fsp3) is 0.438. The van der Waals surface area contributed by atoms with Crippen LogP contribution in [-0.2, 0) is 22.6 Å². The summed E-state index contributed by atoms with van der Waals surface area (Å²) < 4.78 is 0. The van der Waals surface area contributed by atoms with Gasteiger partial charge in [-0.25, -0.2) is 4.79 Å². The lowest BCUT2D eigenvalue weighted by Crippen LogP contribution is -2.37. The summed E-state index contributed by atoms with van der Waals surface area (Å²) in [6.45, 7) is 1.32. The van der Waals surface area contributed by atoms with E-state index < -0.39 is 12.1 Å². The SMILES string of the molecule is CSc1ccc2c(c1)CCN(C(=O)CC[C@H]1NC(=O)NC1=O)C2. The Bertz CT molecular complexity index is 662. The van der Waals surface area contributed by atoms with E-state index in [2.05, 4.69) is 35.1 Å². The van der Waals surface area contributed by atoms with Crippen LogP contribution in [0, 0.1) is 0 Å². The molecule has 0 aromatic heterocycles. The molecule has 1 atom stereocenters. The van der Waals surface area contributed by atoms with Crippen LogP contribution in [0.15, 0.2) is 23.1 Å². The van der Waals surface area contributed by atoms with Gasteiger partial charge in [0.05, 0.1) is 0 Å². The van der Waals surface area contributed by atoms with Crippen molar-refractivity contribution in [3.8, 4) is 0 Å². The average Bonchev–Trinajstić information content (AvgIpc) is 2.89. The molecule has 0 bridgehead atoms. The van der Waals surface area contributed by atoms with E-state index in [9.17, 15) is 14.4 Å². The maximum Gasteiger partial charge on any atom is 0.322 e. The van der Waals surface area contributed by atoms with E-state index in [1.54, 1.807) is 11.8 Å². The molecule has 122 valence electrons. The van der Waals surface area contributed by atoms with Gasteiger partial charge in [0.2, 0.25) is 5.91 Å². The topological polar surface area (TPSA) is 78.5 Å². The molecule has 1 fully saturated rings. The van der Waals surface area contributed by atoms with Crippen molar-refractivity contribution in [1.29, 1.82) is 0 Å². The Kier molecular flexibility index (Phi) is 4.56. The van der Waals surface area contributed by atoms with Crippen molar-refractivity contribution >= 4 is 29.6 Å². The molecule has 1 aromatic rings. The number of amides is 4. The summed E-state index contributed by atoms with van der Waals surface area (Å²) in [5.41, 5.74) is 2.50. The van der Waals surface area contributed by atoms with E-state index in [0.29, 0.717) is 19.5 Å². The van der Waals surface area contributed by atoms with Gasteiger partial charge in [-0.3, -0.25) is 14.9 Å². The van der Waals surface area contributed by atoms with Gasteiger partial charge in [-0.15, -0.1) is 11.8 Å². The van der Waals surface area contributed by atoms with Crippen molar-refractivity contribution in [2.45, 2.75) is 36.7 Å². The monoisotopic (exact) mass is 333 g/mol. The number of nitrogens with one attached hydrogen (secondary N) is 2. The van der Waals surface area contributed by atoms with E-state index in [4.69, 9.17) is 0 Å². The number of hydrogen-bond acceptors (Lipinski definition) is 4. The van der Waals surface area contributed by atoms with Crippen LogP contribution in [0.4, 0.5) is 4.79 Å². The van der Waals surface area contributed by atoms with Gasteiger partial charge in [0, 0.05) is 24.4 Å². The number of thioether (sulfide) groups is 1. The second kappa shape index (κ2) is 6.62. The third kappa shape index (κ3) is 3.50. The Labute approximate surface area is 139 Å². The normalized spacial score (nSPS) is 20.0. The van der Waals surface area contributed by atoms with Gasteiger partial charge in [0.1, 0.15) is 6.04 Å². The predicted octanol–water partition coefficient (Wildman–Crippen LogP) is 1.28. The predicted molar refractivity (Wildman–Crippen MR) is 87.0 cm³/mol. The summed E-state index contributed by atoms with van der Waals surface area (Å²) in [6.07, 6.45) is 3.51. The number of urea groups is 1. The highest BCUT2D eigenvalue weighted by Crippen LogP contribution is 2.25. The smallest absolute Gasteiger partial charge is 0.322 e. The molecule has 0 saturated carbocycles. The standard InChI is InChI=1S/C16H19N3O3S/c1-23-12-3-2-11-9-19(7-6-10(11)8-12)14(20)5-4-13-15(21)18-16(22)17-13/h2-3,8,13H,4-7,9H2,1H3,(H2,17,18,21,22)/t13-/m1/s1. The molecule has 2 aliphatic rings. The van der Waals surface area contributed by atoms with Crippen LogP contribution in [0.25, 0.3) is 0 Å². The lowest BCUT2D eigenvalue weighted by Gasteiger charge is -2.29. The summed E-state index contributed by atoms with van der Waals surface area (Å²) in [7, 11) is 0. The first-order valence-corrected chi connectivity index (χ1v) is 8.84. The van der Waals surface area contributed by atoms with Crippen molar-refractivity contribution in [1.82, 2.24) is 15.5 Å². The molecular formula is C16H19N3O3S. The first-order valence-electron chi connectivity index (χ1n) is 7.62. The molecule has 1 saturated heterocycles. The van der Waals surface area contributed by atoms with Crippen molar-refractivity contribution < 1.29 is 14.4 Å². The Balaban J connectivity index is 1.56. The van der Waals surface area contributed by atoms with Crippen molar-refractivity contribution in [2.75, 3.05) is 12.8 Å². The zero-order valence-corrected chi connectivity index (χ0v) is 13.7. The quantitative estimate of drug-likeness (QED) is 0.643. The third-order valence-electron chi connectivity index (χ3n) is 4.28. The minimum atomic E-state index is -0.590. The van der Waals surface area contributed by atoms with Crippen LogP contribution in [0.1, 0.15) is 24.0 Å². The maximum atomic E-state index is 12.4. The molecular weight excluding hydrogens is 314 g/mol. The molecule has 1 aromatic carbocycles. The van der Waals surface area contributed by atoms with Gasteiger partial charge in [0.15, 0.2) is 0 Å². The summed E-state index contributed by atoms with van der Waals surface area (Å²) in [6, 6.07) is 5.29. The molecule has 0 unspecified atom stereocenters. The van der Waals surface area contributed by atoms with Gasteiger partial charge in [0.25, 0.3) is 5.91 Å². The molecule has 0 spiro atoms. The van der Waals surface area contributed by atoms with Crippen LogP contribution in [0.3, 0.4) is 0 Å². The van der Waals surface area contributed by atoms with Crippen LogP contribution < -0.4 is 10.6 Å². The number of fused-ring (bicyclic) bond motifs is 1. The molecule has 0 aliphatic carbocycles. The number of hydrogen-bond donors (Lipinski definition) is 2. The summed E-state index contributed by atoms with van der Waals surface area (Å²) in [4.78, 5) is 38.0. The van der Waals surface area contributed by atoms with Gasteiger partial charge < -0.3 is 10.2 Å². The molecule has 6 nitrogen and oxygen atoms in total. The second-order valence-electron chi connectivity index (χ2n) is 5.75. The third-order valence-corrected chi connectivity index (χ3v) is 5.01. The van der Waals surface area contributed by atoms with E-state index in [-0.39, 0.29) is 18.2 Å².